The standard InChI is InChI=1S/C11H21N3O3/c1-11(2,8-3-5-13-6-4-8)17-9(15)7-14-10(12)16/h8,13H,3-7H2,1-2H3,(H3,12,14,16)/p+1. The number of carbonyl (C=O) groups excluding carboxylic acids is 2. The normalized spacial score (nSPS) is 17.5. The summed E-state index contributed by atoms with van der Waals surface area (Å²) >= 11 is 0. The highest BCUT2D eigenvalue weighted by Crippen LogP contribution is 2.27. The fraction of sp³-hybridized carbons (Fsp3) is 0.818. The summed E-state index contributed by atoms with van der Waals surface area (Å²) in [7, 11) is 0. The van der Waals surface area contributed by atoms with Crippen molar-refractivity contribution in [3.63, 3.8) is 0 Å². The predicted molar refractivity (Wildman–Crippen MR) is 62.1 cm³/mol. The molecule has 0 atom stereocenters. The van der Waals surface area contributed by atoms with Gasteiger partial charge in [-0.1, -0.05) is 0 Å². The Morgan fingerprint density at radius 3 is 2.53 bits per heavy atom. The van der Waals surface area contributed by atoms with Crippen molar-refractivity contribution in [1.82, 2.24) is 5.32 Å². The number of quaternary nitrogens is 1. The Labute approximate surface area is 101 Å². The summed E-state index contributed by atoms with van der Waals surface area (Å²) in [4.78, 5) is 22.0. The van der Waals surface area contributed by atoms with Gasteiger partial charge in [0.15, 0.2) is 0 Å². The average Bonchev–Trinajstić information content (AvgIpc) is 2.27. The second kappa shape index (κ2) is 5.86. The second-order valence-corrected chi connectivity index (χ2v) is 4.94. The molecule has 0 bridgehead atoms. The van der Waals surface area contributed by atoms with Gasteiger partial charge < -0.3 is 21.1 Å². The SMILES string of the molecule is CC(C)(OC(=O)CNC(N)=O)C1CC[NH2+]CC1. The minimum absolute atomic E-state index is 0.169. The van der Waals surface area contributed by atoms with Gasteiger partial charge in [-0.15, -0.1) is 0 Å². The largest absolute Gasteiger partial charge is 0.458 e. The molecular formula is C11H22N3O3+. The average molecular weight is 244 g/mol. The Morgan fingerprint density at radius 2 is 2.00 bits per heavy atom. The fourth-order valence-corrected chi connectivity index (χ4v) is 2.19. The predicted octanol–water partition coefficient (Wildman–Crippen LogP) is -1.05. The van der Waals surface area contributed by atoms with Crippen molar-refractivity contribution < 1.29 is 19.6 Å². The third-order valence-corrected chi connectivity index (χ3v) is 3.21. The van der Waals surface area contributed by atoms with Crippen molar-refractivity contribution in [3.05, 3.63) is 0 Å². The summed E-state index contributed by atoms with van der Waals surface area (Å²) in [5.74, 6) is -0.0617. The monoisotopic (exact) mass is 244 g/mol. The van der Waals surface area contributed by atoms with Gasteiger partial charge in [-0.3, -0.25) is 4.79 Å². The van der Waals surface area contributed by atoms with E-state index in [0.717, 1.165) is 25.9 Å². The van der Waals surface area contributed by atoms with Gasteiger partial charge in [0.25, 0.3) is 0 Å². The highest BCUT2D eigenvalue weighted by atomic mass is 16.6. The molecule has 0 aliphatic carbocycles. The van der Waals surface area contributed by atoms with Crippen LogP contribution in [-0.2, 0) is 9.53 Å². The number of ether oxygens (including phenoxy) is 1. The second-order valence-electron chi connectivity index (χ2n) is 4.94. The molecule has 6 heteroatoms. The molecule has 0 aromatic carbocycles. The van der Waals surface area contributed by atoms with E-state index in [1.807, 2.05) is 13.8 Å². The fourth-order valence-electron chi connectivity index (χ4n) is 2.19. The van der Waals surface area contributed by atoms with Crippen LogP contribution < -0.4 is 16.4 Å². The topological polar surface area (TPSA) is 98.0 Å². The summed E-state index contributed by atoms with van der Waals surface area (Å²) in [6, 6.07) is -0.716. The smallest absolute Gasteiger partial charge is 0.326 e. The van der Waals surface area contributed by atoms with Crippen LogP contribution in [0.4, 0.5) is 4.79 Å². The molecule has 0 unspecified atom stereocenters. The molecular weight excluding hydrogens is 222 g/mol. The molecule has 2 amide bonds. The molecule has 1 heterocycles. The summed E-state index contributed by atoms with van der Waals surface area (Å²) < 4.78 is 5.40. The number of nitrogens with two attached hydrogens (primary N) is 2. The van der Waals surface area contributed by atoms with Crippen molar-refractivity contribution in [1.29, 1.82) is 0 Å². The molecule has 1 rings (SSSR count). The lowest BCUT2D eigenvalue weighted by Crippen LogP contribution is -2.86. The lowest BCUT2D eigenvalue weighted by Gasteiger charge is -2.35. The van der Waals surface area contributed by atoms with Crippen molar-refractivity contribution in [2.24, 2.45) is 11.7 Å². The first kappa shape index (κ1) is 13.8. The minimum atomic E-state index is -0.716. The molecule has 0 aromatic heterocycles. The number of hydrogen-bond acceptors (Lipinski definition) is 3. The Balaban J connectivity index is 2.41. The van der Waals surface area contributed by atoms with Gasteiger partial charge in [0.05, 0.1) is 13.1 Å². The maximum Gasteiger partial charge on any atom is 0.326 e. The summed E-state index contributed by atoms with van der Waals surface area (Å²) in [5.41, 5.74) is 4.40. The minimum Gasteiger partial charge on any atom is -0.458 e. The zero-order valence-corrected chi connectivity index (χ0v) is 10.5. The Morgan fingerprint density at radius 1 is 1.41 bits per heavy atom. The zero-order valence-electron chi connectivity index (χ0n) is 10.5. The molecule has 1 fully saturated rings. The number of nitrogens with one attached hydrogen (secondary N) is 1. The number of amides is 2. The Hall–Kier alpha value is -1.30. The number of urea groups is 1. The molecule has 0 saturated carbocycles. The first-order valence-corrected chi connectivity index (χ1v) is 5.98. The van der Waals surface area contributed by atoms with Gasteiger partial charge in [-0.2, -0.15) is 0 Å². The number of hydrogen-bond donors (Lipinski definition) is 3. The van der Waals surface area contributed by atoms with E-state index in [9.17, 15) is 9.59 Å². The van der Waals surface area contributed by atoms with Crippen molar-refractivity contribution in [2.75, 3.05) is 19.6 Å². The van der Waals surface area contributed by atoms with Crippen LogP contribution in [0, 0.1) is 5.92 Å². The highest BCUT2D eigenvalue weighted by Gasteiger charge is 2.35. The van der Waals surface area contributed by atoms with Crippen LogP contribution in [-0.4, -0.2) is 37.2 Å². The molecule has 1 aliphatic rings. The van der Waals surface area contributed by atoms with E-state index in [4.69, 9.17) is 10.5 Å². The van der Waals surface area contributed by atoms with Crippen LogP contribution in [0.25, 0.3) is 0 Å². The van der Waals surface area contributed by atoms with Gasteiger partial charge in [0.2, 0.25) is 0 Å². The summed E-state index contributed by atoms with van der Waals surface area (Å²) in [6.45, 7) is 5.82. The van der Waals surface area contributed by atoms with Gasteiger partial charge in [0.1, 0.15) is 12.1 Å². The number of rotatable bonds is 4. The van der Waals surface area contributed by atoms with Crippen molar-refractivity contribution in [2.45, 2.75) is 32.3 Å². The van der Waals surface area contributed by atoms with E-state index in [-0.39, 0.29) is 6.54 Å². The lowest BCUT2D eigenvalue weighted by atomic mass is 9.83. The lowest BCUT2D eigenvalue weighted by molar-refractivity contribution is -0.665. The van der Waals surface area contributed by atoms with Gasteiger partial charge in [0, 0.05) is 18.8 Å². The van der Waals surface area contributed by atoms with Crippen LogP contribution in [0.1, 0.15) is 26.7 Å². The first-order valence-electron chi connectivity index (χ1n) is 5.98. The van der Waals surface area contributed by atoms with Gasteiger partial charge in [-0.05, 0) is 13.8 Å². The van der Waals surface area contributed by atoms with Crippen LogP contribution in [0.15, 0.2) is 0 Å². The zero-order chi connectivity index (χ0) is 12.9. The molecule has 17 heavy (non-hydrogen) atoms. The van der Waals surface area contributed by atoms with E-state index in [1.54, 1.807) is 0 Å². The van der Waals surface area contributed by atoms with E-state index < -0.39 is 17.6 Å². The van der Waals surface area contributed by atoms with Crippen LogP contribution >= 0.6 is 0 Å². The van der Waals surface area contributed by atoms with Crippen LogP contribution in [0.5, 0.6) is 0 Å². The third kappa shape index (κ3) is 4.60. The highest BCUT2D eigenvalue weighted by molar-refractivity contribution is 5.79. The van der Waals surface area contributed by atoms with Gasteiger partial charge >= 0.3 is 12.0 Å². The molecule has 0 spiro atoms. The Kier molecular flexibility index (Phi) is 4.74. The molecule has 98 valence electrons. The maximum absolute atomic E-state index is 11.5. The molecule has 0 radical (unpaired) electrons. The van der Waals surface area contributed by atoms with E-state index in [1.165, 1.54) is 0 Å². The number of piperidine rings is 1. The summed E-state index contributed by atoms with van der Waals surface area (Å²) in [6.07, 6.45) is 2.09. The number of esters is 1. The third-order valence-electron chi connectivity index (χ3n) is 3.21. The van der Waals surface area contributed by atoms with Gasteiger partial charge in [-0.25, -0.2) is 4.79 Å². The Bertz CT molecular complexity index is 286. The maximum atomic E-state index is 11.5. The number of carbonyl (C=O) groups is 2. The summed E-state index contributed by atoms with van der Waals surface area (Å²) in [5, 5.41) is 4.50. The first-order chi connectivity index (χ1) is 7.92. The van der Waals surface area contributed by atoms with E-state index >= 15 is 0 Å². The molecule has 6 nitrogen and oxygen atoms in total. The quantitative estimate of drug-likeness (QED) is 0.550. The van der Waals surface area contributed by atoms with E-state index in [0.29, 0.717) is 5.92 Å². The number of primary amides is 1. The van der Waals surface area contributed by atoms with Crippen molar-refractivity contribution in [3.8, 4) is 0 Å². The molecule has 1 saturated heterocycles. The molecule has 1 aliphatic heterocycles. The van der Waals surface area contributed by atoms with Crippen LogP contribution in [0.3, 0.4) is 0 Å². The van der Waals surface area contributed by atoms with Crippen LogP contribution in [0.2, 0.25) is 0 Å². The molecule has 5 N–H and O–H groups in total. The van der Waals surface area contributed by atoms with Crippen molar-refractivity contribution >= 4 is 12.0 Å². The van der Waals surface area contributed by atoms with E-state index in [2.05, 4.69) is 10.6 Å². The molecule has 0 aromatic rings.